The molecule has 0 radical (unpaired) electrons. The first-order chi connectivity index (χ1) is 10.2. The maximum Gasteiger partial charge on any atom is 0.163 e. The van der Waals surface area contributed by atoms with Crippen LogP contribution < -0.4 is 5.32 Å². The summed E-state index contributed by atoms with van der Waals surface area (Å²) >= 11 is 0. The second-order valence-corrected chi connectivity index (χ2v) is 4.83. The number of nitrogens with zero attached hydrogens (tertiary/aromatic N) is 7. The summed E-state index contributed by atoms with van der Waals surface area (Å²) in [4.78, 5) is 8.86. The number of fused-ring (bicyclic) bond motifs is 1. The molecule has 0 unspecified atom stereocenters. The van der Waals surface area contributed by atoms with E-state index in [-0.39, 0.29) is 0 Å². The minimum atomic E-state index is 0.727. The largest absolute Gasteiger partial charge is 0.369 e. The van der Waals surface area contributed by atoms with Gasteiger partial charge in [0.2, 0.25) is 0 Å². The van der Waals surface area contributed by atoms with Crippen molar-refractivity contribution in [2.45, 2.75) is 26.8 Å². The summed E-state index contributed by atoms with van der Waals surface area (Å²) in [5, 5.41) is 16.6. The molecule has 1 N–H and O–H groups in total. The lowest BCUT2D eigenvalue weighted by molar-refractivity contribution is 0.697. The lowest BCUT2D eigenvalue weighted by Gasteiger charge is -2.08. The number of aryl methyl sites for hydroxylation is 3. The Hall–Kier alpha value is -2.51. The predicted molar refractivity (Wildman–Crippen MR) is 78.9 cm³/mol. The van der Waals surface area contributed by atoms with Gasteiger partial charge in [-0.3, -0.25) is 4.68 Å². The van der Waals surface area contributed by atoms with E-state index in [1.807, 2.05) is 18.5 Å². The summed E-state index contributed by atoms with van der Waals surface area (Å²) in [6, 6.07) is 0. The van der Waals surface area contributed by atoms with Gasteiger partial charge in [-0.2, -0.15) is 5.10 Å². The molecule has 3 rings (SSSR count). The van der Waals surface area contributed by atoms with Gasteiger partial charge in [-0.05, 0) is 13.8 Å². The van der Waals surface area contributed by atoms with Gasteiger partial charge in [0.15, 0.2) is 5.65 Å². The lowest BCUT2D eigenvalue weighted by atomic mass is 10.3. The molecule has 8 heteroatoms. The summed E-state index contributed by atoms with van der Waals surface area (Å²) in [5.41, 5.74) is 0.835. The summed E-state index contributed by atoms with van der Waals surface area (Å²) in [5.74, 6) is 2.51. The van der Waals surface area contributed by atoms with Gasteiger partial charge >= 0.3 is 0 Å². The van der Waals surface area contributed by atoms with E-state index in [1.54, 1.807) is 17.2 Å². The van der Waals surface area contributed by atoms with Crippen LogP contribution in [0.15, 0.2) is 12.5 Å². The number of nitrogens with one attached hydrogen (secondary N) is 1. The third kappa shape index (κ3) is 2.56. The molecule has 0 fully saturated rings. The molecule has 0 aliphatic rings. The van der Waals surface area contributed by atoms with Gasteiger partial charge in [0.25, 0.3) is 0 Å². The van der Waals surface area contributed by atoms with Crippen molar-refractivity contribution in [3.63, 3.8) is 0 Å². The summed E-state index contributed by atoms with van der Waals surface area (Å²) in [7, 11) is 1.88. The molecule has 21 heavy (non-hydrogen) atoms. The monoisotopic (exact) mass is 286 g/mol. The van der Waals surface area contributed by atoms with E-state index in [1.165, 1.54) is 0 Å². The fourth-order valence-corrected chi connectivity index (χ4v) is 2.30. The molecule has 3 heterocycles. The molecule has 3 aromatic heterocycles. The Balaban J connectivity index is 1.76. The smallest absolute Gasteiger partial charge is 0.163 e. The van der Waals surface area contributed by atoms with Crippen molar-refractivity contribution in [1.29, 1.82) is 0 Å². The van der Waals surface area contributed by atoms with Crippen LogP contribution in [0.5, 0.6) is 0 Å². The topological polar surface area (TPSA) is 86.3 Å². The zero-order valence-corrected chi connectivity index (χ0v) is 12.4. The highest BCUT2D eigenvalue weighted by Crippen LogP contribution is 2.19. The molecule has 0 amide bonds. The molecule has 3 aromatic rings. The van der Waals surface area contributed by atoms with Gasteiger partial charge < -0.3 is 9.88 Å². The summed E-state index contributed by atoms with van der Waals surface area (Å²) < 4.78 is 3.79. The van der Waals surface area contributed by atoms with Crippen molar-refractivity contribution in [3.8, 4) is 0 Å². The standard InChI is InChI=1S/C13H18N8/c1-4-21-8-15-19-11(21)5-6-14-12-10-7-16-20(3)13(10)18-9(2)17-12/h7-8H,4-6H2,1-3H3,(H,14,17,18). The Morgan fingerprint density at radius 3 is 2.95 bits per heavy atom. The van der Waals surface area contributed by atoms with Crippen LogP contribution in [0.4, 0.5) is 5.82 Å². The van der Waals surface area contributed by atoms with Crippen LogP contribution in [-0.2, 0) is 20.0 Å². The van der Waals surface area contributed by atoms with Crippen LogP contribution in [-0.4, -0.2) is 41.1 Å². The minimum Gasteiger partial charge on any atom is -0.369 e. The van der Waals surface area contributed by atoms with E-state index < -0.39 is 0 Å². The molecule has 0 saturated carbocycles. The summed E-state index contributed by atoms with van der Waals surface area (Å²) in [6.45, 7) is 5.57. The number of rotatable bonds is 5. The molecular formula is C13H18N8. The molecule has 0 aliphatic carbocycles. The van der Waals surface area contributed by atoms with Crippen LogP contribution in [0.1, 0.15) is 18.6 Å². The normalized spacial score (nSPS) is 11.2. The number of aromatic nitrogens is 7. The van der Waals surface area contributed by atoms with Crippen molar-refractivity contribution in [2.75, 3.05) is 11.9 Å². The van der Waals surface area contributed by atoms with Crippen molar-refractivity contribution in [1.82, 2.24) is 34.5 Å². The highest BCUT2D eigenvalue weighted by atomic mass is 15.3. The third-order valence-electron chi connectivity index (χ3n) is 3.38. The van der Waals surface area contributed by atoms with Gasteiger partial charge in [-0.1, -0.05) is 0 Å². The molecular weight excluding hydrogens is 268 g/mol. The second kappa shape index (κ2) is 5.47. The zero-order valence-electron chi connectivity index (χ0n) is 12.4. The first-order valence-electron chi connectivity index (χ1n) is 6.96. The first kappa shape index (κ1) is 13.5. The average Bonchev–Trinajstić information content (AvgIpc) is 3.06. The average molecular weight is 286 g/mol. The van der Waals surface area contributed by atoms with Crippen LogP contribution in [0.2, 0.25) is 0 Å². The van der Waals surface area contributed by atoms with Crippen LogP contribution in [0.3, 0.4) is 0 Å². The van der Waals surface area contributed by atoms with Crippen LogP contribution in [0, 0.1) is 6.92 Å². The number of hydrogen-bond acceptors (Lipinski definition) is 6. The van der Waals surface area contributed by atoms with E-state index >= 15 is 0 Å². The van der Waals surface area contributed by atoms with Gasteiger partial charge in [0.1, 0.15) is 23.8 Å². The van der Waals surface area contributed by atoms with E-state index in [0.29, 0.717) is 0 Å². The fraction of sp³-hybridized carbons (Fsp3) is 0.462. The number of anilines is 1. The second-order valence-electron chi connectivity index (χ2n) is 4.83. The zero-order chi connectivity index (χ0) is 14.8. The van der Waals surface area contributed by atoms with Gasteiger partial charge in [0, 0.05) is 26.6 Å². The Morgan fingerprint density at radius 1 is 1.29 bits per heavy atom. The number of hydrogen-bond donors (Lipinski definition) is 1. The van der Waals surface area contributed by atoms with Crippen molar-refractivity contribution in [2.24, 2.45) is 7.05 Å². The Labute approximate surface area is 122 Å². The molecule has 0 saturated heterocycles. The van der Waals surface area contributed by atoms with Crippen molar-refractivity contribution >= 4 is 16.9 Å². The molecule has 0 bridgehead atoms. The lowest BCUT2D eigenvalue weighted by Crippen LogP contribution is -2.11. The highest BCUT2D eigenvalue weighted by molar-refractivity contribution is 5.86. The fourth-order valence-electron chi connectivity index (χ4n) is 2.30. The predicted octanol–water partition coefficient (Wildman–Crippen LogP) is 0.938. The molecule has 8 nitrogen and oxygen atoms in total. The van der Waals surface area contributed by atoms with Crippen molar-refractivity contribution < 1.29 is 0 Å². The molecule has 0 spiro atoms. The molecule has 110 valence electrons. The third-order valence-corrected chi connectivity index (χ3v) is 3.38. The van der Waals surface area contributed by atoms with Crippen molar-refractivity contribution in [3.05, 3.63) is 24.2 Å². The highest BCUT2D eigenvalue weighted by Gasteiger charge is 2.10. The van der Waals surface area contributed by atoms with Gasteiger partial charge in [-0.25, -0.2) is 9.97 Å². The van der Waals surface area contributed by atoms with E-state index in [0.717, 1.165) is 48.0 Å². The quantitative estimate of drug-likeness (QED) is 0.751. The van der Waals surface area contributed by atoms with E-state index in [2.05, 4.69) is 37.5 Å². The maximum absolute atomic E-state index is 4.46. The van der Waals surface area contributed by atoms with E-state index in [9.17, 15) is 0 Å². The van der Waals surface area contributed by atoms with Crippen LogP contribution >= 0.6 is 0 Å². The van der Waals surface area contributed by atoms with E-state index in [4.69, 9.17) is 0 Å². The van der Waals surface area contributed by atoms with Gasteiger partial charge in [-0.15, -0.1) is 10.2 Å². The minimum absolute atomic E-state index is 0.727. The first-order valence-corrected chi connectivity index (χ1v) is 6.96. The van der Waals surface area contributed by atoms with Gasteiger partial charge in [0.05, 0.1) is 11.6 Å². The molecule has 0 atom stereocenters. The maximum atomic E-state index is 4.46. The van der Waals surface area contributed by atoms with Crippen LogP contribution in [0.25, 0.3) is 11.0 Å². The summed E-state index contributed by atoms with van der Waals surface area (Å²) in [6.07, 6.45) is 4.33. The SMILES string of the molecule is CCn1cnnc1CCNc1nc(C)nc2c1cnn2C. The Morgan fingerprint density at radius 2 is 2.14 bits per heavy atom. The Kier molecular flexibility index (Phi) is 3.51. The molecule has 0 aromatic carbocycles. The molecule has 0 aliphatic heterocycles. The Bertz CT molecular complexity index is 757.